The Kier molecular flexibility index (Phi) is 5.10. The van der Waals surface area contributed by atoms with Gasteiger partial charge >= 0.3 is 5.92 Å². The number of benzene rings is 1. The third kappa shape index (κ3) is 3.89. The summed E-state index contributed by atoms with van der Waals surface area (Å²) < 4.78 is 54.3. The molecule has 0 saturated carbocycles. The van der Waals surface area contributed by atoms with Gasteiger partial charge in [0.25, 0.3) is 0 Å². The van der Waals surface area contributed by atoms with E-state index in [-0.39, 0.29) is 0 Å². The summed E-state index contributed by atoms with van der Waals surface area (Å²) >= 11 is 0. The molecule has 0 heterocycles. The van der Waals surface area contributed by atoms with Crippen LogP contribution in [0.2, 0.25) is 0 Å². The van der Waals surface area contributed by atoms with Gasteiger partial charge in [0.15, 0.2) is 6.29 Å². The molecule has 0 saturated heterocycles. The Labute approximate surface area is 118 Å². The number of aldehydes is 1. The van der Waals surface area contributed by atoms with Crippen LogP contribution in [-0.4, -0.2) is 21.2 Å². The zero-order chi connectivity index (χ0) is 15.6. The lowest BCUT2D eigenvalue weighted by Crippen LogP contribution is -2.44. The first-order valence-corrected chi connectivity index (χ1v) is 7.01. The Hall–Kier alpha value is -1.21. The SMILES string of the molecule is CC(C)(C)[S@@](=O)N[C@H](c1ccccc1F)C(F)(F)C=O. The average molecular weight is 307 g/mol. The number of carbonyl (C=O) groups excluding carboxylic acids is 1. The molecular formula is C13H16F3NO2S. The molecule has 0 spiro atoms. The minimum absolute atomic E-state index is 0.401. The molecule has 0 amide bonds. The van der Waals surface area contributed by atoms with Crippen LogP contribution in [0.4, 0.5) is 13.2 Å². The maximum atomic E-state index is 13.7. The Bertz CT molecular complexity index is 515. The maximum absolute atomic E-state index is 13.7. The van der Waals surface area contributed by atoms with E-state index in [4.69, 9.17) is 0 Å². The lowest BCUT2D eigenvalue weighted by Gasteiger charge is -2.27. The van der Waals surface area contributed by atoms with E-state index >= 15 is 0 Å². The highest BCUT2D eigenvalue weighted by atomic mass is 32.2. The summed E-state index contributed by atoms with van der Waals surface area (Å²) in [6.07, 6.45) is -0.572. The molecule has 0 radical (unpaired) electrons. The van der Waals surface area contributed by atoms with Gasteiger partial charge in [-0.25, -0.2) is 13.3 Å². The van der Waals surface area contributed by atoms with Crippen LogP contribution in [0, 0.1) is 5.82 Å². The van der Waals surface area contributed by atoms with Crippen molar-refractivity contribution in [2.75, 3.05) is 0 Å². The van der Waals surface area contributed by atoms with E-state index in [1.807, 2.05) is 0 Å². The van der Waals surface area contributed by atoms with E-state index in [9.17, 15) is 22.2 Å². The molecule has 112 valence electrons. The molecule has 0 bridgehead atoms. The minimum atomic E-state index is -3.87. The van der Waals surface area contributed by atoms with Crippen LogP contribution in [-0.2, 0) is 15.8 Å². The molecule has 3 nitrogen and oxygen atoms in total. The molecule has 0 aromatic heterocycles. The second kappa shape index (κ2) is 6.05. The van der Waals surface area contributed by atoms with Crippen molar-refractivity contribution < 1.29 is 22.2 Å². The number of alkyl halides is 2. The Balaban J connectivity index is 3.21. The summed E-state index contributed by atoms with van der Waals surface area (Å²) in [5.41, 5.74) is -0.401. The van der Waals surface area contributed by atoms with Crippen molar-refractivity contribution in [3.05, 3.63) is 35.6 Å². The Morgan fingerprint density at radius 2 is 1.80 bits per heavy atom. The molecule has 1 N–H and O–H groups in total. The van der Waals surface area contributed by atoms with E-state index in [2.05, 4.69) is 4.72 Å². The van der Waals surface area contributed by atoms with Gasteiger partial charge in [0.05, 0.1) is 15.7 Å². The molecule has 0 fully saturated rings. The van der Waals surface area contributed by atoms with E-state index in [0.717, 1.165) is 12.1 Å². The summed E-state index contributed by atoms with van der Waals surface area (Å²) in [6.45, 7) is 4.73. The first kappa shape index (κ1) is 16.8. The normalized spacial score (nSPS) is 15.7. The van der Waals surface area contributed by atoms with Crippen molar-refractivity contribution >= 4 is 17.3 Å². The predicted octanol–water partition coefficient (Wildman–Crippen LogP) is 2.75. The molecule has 20 heavy (non-hydrogen) atoms. The summed E-state index contributed by atoms with van der Waals surface area (Å²) in [5.74, 6) is -4.76. The van der Waals surface area contributed by atoms with E-state index in [0.29, 0.717) is 0 Å². The summed E-state index contributed by atoms with van der Waals surface area (Å²) in [4.78, 5) is 10.6. The molecule has 0 aliphatic heterocycles. The number of hydrogen-bond donors (Lipinski definition) is 1. The van der Waals surface area contributed by atoms with Crippen molar-refractivity contribution in [1.29, 1.82) is 0 Å². The van der Waals surface area contributed by atoms with Gasteiger partial charge < -0.3 is 0 Å². The molecule has 1 aromatic carbocycles. The van der Waals surface area contributed by atoms with Crippen molar-refractivity contribution in [1.82, 2.24) is 4.72 Å². The molecule has 0 unspecified atom stereocenters. The first-order chi connectivity index (χ1) is 9.09. The van der Waals surface area contributed by atoms with Crippen LogP contribution < -0.4 is 4.72 Å². The van der Waals surface area contributed by atoms with Crippen molar-refractivity contribution in [3.63, 3.8) is 0 Å². The van der Waals surface area contributed by atoms with Crippen LogP contribution in [0.3, 0.4) is 0 Å². The predicted molar refractivity (Wildman–Crippen MR) is 71.2 cm³/mol. The van der Waals surface area contributed by atoms with Gasteiger partial charge in [-0.15, -0.1) is 0 Å². The van der Waals surface area contributed by atoms with Gasteiger partial charge in [0.2, 0.25) is 0 Å². The van der Waals surface area contributed by atoms with Gasteiger partial charge in [0, 0.05) is 5.56 Å². The minimum Gasteiger partial charge on any atom is -0.297 e. The fourth-order valence-electron chi connectivity index (χ4n) is 1.41. The number of rotatable bonds is 5. The zero-order valence-corrected chi connectivity index (χ0v) is 12.1. The van der Waals surface area contributed by atoms with E-state index < -0.39 is 45.4 Å². The van der Waals surface area contributed by atoms with Crippen LogP contribution in [0.25, 0.3) is 0 Å². The van der Waals surface area contributed by atoms with Crippen LogP contribution in [0.5, 0.6) is 0 Å². The fraction of sp³-hybridized carbons (Fsp3) is 0.462. The molecule has 0 aliphatic carbocycles. The van der Waals surface area contributed by atoms with Crippen molar-refractivity contribution in [3.8, 4) is 0 Å². The second-order valence-electron chi connectivity index (χ2n) is 5.25. The Morgan fingerprint density at radius 3 is 2.25 bits per heavy atom. The van der Waals surface area contributed by atoms with E-state index in [1.54, 1.807) is 20.8 Å². The highest BCUT2D eigenvalue weighted by molar-refractivity contribution is 7.84. The third-order valence-corrected chi connectivity index (χ3v) is 4.10. The zero-order valence-electron chi connectivity index (χ0n) is 11.3. The highest BCUT2D eigenvalue weighted by Gasteiger charge is 2.43. The van der Waals surface area contributed by atoms with Gasteiger partial charge in [-0.05, 0) is 26.8 Å². The number of nitrogens with one attached hydrogen (secondary N) is 1. The first-order valence-electron chi connectivity index (χ1n) is 5.86. The lowest BCUT2D eigenvalue weighted by molar-refractivity contribution is -0.132. The van der Waals surface area contributed by atoms with Gasteiger partial charge in [0.1, 0.15) is 11.9 Å². The monoisotopic (exact) mass is 307 g/mol. The van der Waals surface area contributed by atoms with E-state index in [1.165, 1.54) is 12.1 Å². The van der Waals surface area contributed by atoms with Crippen LogP contribution >= 0.6 is 0 Å². The molecule has 1 aromatic rings. The van der Waals surface area contributed by atoms with Crippen LogP contribution in [0.15, 0.2) is 24.3 Å². The van der Waals surface area contributed by atoms with Gasteiger partial charge in [-0.1, -0.05) is 18.2 Å². The number of carbonyl (C=O) groups is 1. The third-order valence-electron chi connectivity index (χ3n) is 2.54. The maximum Gasteiger partial charge on any atom is 0.322 e. The second-order valence-corrected chi connectivity index (χ2v) is 7.24. The molecule has 1 rings (SSSR count). The summed E-state index contributed by atoms with van der Waals surface area (Å²) in [6, 6.07) is 2.86. The quantitative estimate of drug-likeness (QED) is 0.850. The summed E-state index contributed by atoms with van der Waals surface area (Å²) in [7, 11) is -1.88. The molecule has 7 heteroatoms. The van der Waals surface area contributed by atoms with Gasteiger partial charge in [-0.3, -0.25) is 4.79 Å². The Morgan fingerprint density at radius 1 is 1.25 bits per heavy atom. The standard InChI is InChI=1S/C13H16F3NO2S/c1-12(2,3)20(19)17-11(13(15,16)8-18)9-6-4-5-7-10(9)14/h4-8,11,17H,1-3H3/t11-,20-/m1/s1. The highest BCUT2D eigenvalue weighted by Crippen LogP contribution is 2.32. The number of hydrogen-bond acceptors (Lipinski definition) is 2. The molecular weight excluding hydrogens is 291 g/mol. The van der Waals surface area contributed by atoms with Crippen LogP contribution in [0.1, 0.15) is 32.4 Å². The topological polar surface area (TPSA) is 46.2 Å². The van der Waals surface area contributed by atoms with Crippen molar-refractivity contribution in [2.45, 2.75) is 37.5 Å². The molecule has 2 atom stereocenters. The number of halogens is 3. The average Bonchev–Trinajstić information content (AvgIpc) is 2.35. The molecule has 0 aliphatic rings. The largest absolute Gasteiger partial charge is 0.322 e. The fourth-order valence-corrected chi connectivity index (χ4v) is 2.26. The van der Waals surface area contributed by atoms with Crippen molar-refractivity contribution in [2.24, 2.45) is 0 Å². The van der Waals surface area contributed by atoms with Gasteiger partial charge in [-0.2, -0.15) is 8.78 Å². The lowest BCUT2D eigenvalue weighted by atomic mass is 10.0. The summed E-state index contributed by atoms with van der Waals surface area (Å²) in [5, 5.41) is 0. The smallest absolute Gasteiger partial charge is 0.297 e.